The molecule has 166 valence electrons. The highest BCUT2D eigenvalue weighted by molar-refractivity contribution is 6.31. The first-order valence-corrected chi connectivity index (χ1v) is 11.3. The van der Waals surface area contributed by atoms with Crippen molar-refractivity contribution in [3.63, 3.8) is 0 Å². The Bertz CT molecular complexity index is 1250. The Balaban J connectivity index is 1.38. The topological polar surface area (TPSA) is 71.0 Å². The average Bonchev–Trinajstić information content (AvgIpc) is 3.43. The number of likely N-dealkylation sites (tertiary alicyclic amines) is 1. The summed E-state index contributed by atoms with van der Waals surface area (Å²) in [6.45, 7) is 3.29. The van der Waals surface area contributed by atoms with Crippen LogP contribution in [-0.4, -0.2) is 38.7 Å². The van der Waals surface area contributed by atoms with Crippen molar-refractivity contribution in [1.29, 1.82) is 0 Å². The smallest absolute Gasteiger partial charge is 0.342 e. The number of nitrogens with one attached hydrogen (secondary N) is 1. The highest BCUT2D eigenvalue weighted by Gasteiger charge is 2.37. The van der Waals surface area contributed by atoms with Gasteiger partial charge in [0.2, 0.25) is 5.91 Å². The third-order valence-electron chi connectivity index (χ3n) is 6.42. The van der Waals surface area contributed by atoms with Crippen molar-refractivity contribution in [2.75, 3.05) is 13.1 Å². The van der Waals surface area contributed by atoms with Gasteiger partial charge in [-0.15, -0.1) is 0 Å². The number of hydrogen-bond donors (Lipinski definition) is 1. The fourth-order valence-corrected chi connectivity index (χ4v) is 4.57. The molecule has 1 saturated carbocycles. The Labute approximate surface area is 190 Å². The molecule has 8 heteroatoms. The second-order valence-electron chi connectivity index (χ2n) is 8.83. The number of aryl methyl sites for hydroxylation is 1. The number of rotatable bonds is 5. The molecule has 1 amide bonds. The highest BCUT2D eigenvalue weighted by atomic mass is 35.5. The maximum Gasteiger partial charge on any atom is 0.348 e. The lowest BCUT2D eigenvalue weighted by Gasteiger charge is -2.16. The van der Waals surface area contributed by atoms with E-state index in [4.69, 9.17) is 11.6 Å². The second-order valence-corrected chi connectivity index (χ2v) is 9.24. The van der Waals surface area contributed by atoms with Gasteiger partial charge in [-0.3, -0.25) is 4.79 Å². The molecule has 1 N–H and O–H groups in total. The van der Waals surface area contributed by atoms with E-state index in [1.54, 1.807) is 18.2 Å². The Morgan fingerprint density at radius 1 is 1.19 bits per heavy atom. The summed E-state index contributed by atoms with van der Waals surface area (Å²) in [6, 6.07) is 10.3. The Hall–Kier alpha value is -2.93. The van der Waals surface area contributed by atoms with Gasteiger partial charge in [0.05, 0.1) is 5.69 Å². The lowest BCUT2D eigenvalue weighted by Crippen LogP contribution is -2.30. The van der Waals surface area contributed by atoms with Crippen LogP contribution < -0.4 is 5.69 Å². The molecule has 0 bridgehead atoms. The summed E-state index contributed by atoms with van der Waals surface area (Å²) in [5.74, 6) is 0.623. The highest BCUT2D eigenvalue weighted by Crippen LogP contribution is 2.33. The number of benzene rings is 2. The molecule has 1 atom stereocenters. The molecule has 2 aliphatic rings. The summed E-state index contributed by atoms with van der Waals surface area (Å²) in [5, 5.41) is 7.27. The van der Waals surface area contributed by atoms with E-state index in [1.165, 1.54) is 10.6 Å². The van der Waals surface area contributed by atoms with Crippen molar-refractivity contribution >= 4 is 17.5 Å². The summed E-state index contributed by atoms with van der Waals surface area (Å²) in [4.78, 5) is 26.7. The van der Waals surface area contributed by atoms with Gasteiger partial charge in [0.15, 0.2) is 0 Å². The number of aromatic nitrogens is 3. The molecule has 0 spiro atoms. The maximum atomic E-state index is 15.1. The van der Waals surface area contributed by atoms with E-state index in [-0.39, 0.29) is 23.4 Å². The summed E-state index contributed by atoms with van der Waals surface area (Å²) in [5.41, 5.74) is 2.15. The van der Waals surface area contributed by atoms with E-state index >= 15 is 4.39 Å². The first-order valence-electron chi connectivity index (χ1n) is 10.9. The van der Waals surface area contributed by atoms with E-state index in [0.29, 0.717) is 29.4 Å². The van der Waals surface area contributed by atoms with E-state index < -0.39 is 11.5 Å². The molecule has 32 heavy (non-hydrogen) atoms. The SMILES string of the molecule is Cc1cc(-c2ccc(-n3c(CC4CCN(C(=O)C5CC5)C4)n[nH]c3=O)c(F)c2)ccc1Cl. The van der Waals surface area contributed by atoms with Crippen molar-refractivity contribution in [2.24, 2.45) is 11.8 Å². The molecule has 2 aromatic carbocycles. The van der Waals surface area contributed by atoms with Crippen LogP contribution in [0.4, 0.5) is 4.39 Å². The fourth-order valence-electron chi connectivity index (χ4n) is 4.45. The quantitative estimate of drug-likeness (QED) is 0.630. The van der Waals surface area contributed by atoms with Crippen LogP contribution in [0.1, 0.15) is 30.7 Å². The zero-order valence-electron chi connectivity index (χ0n) is 17.8. The number of carbonyl (C=O) groups excluding carboxylic acids is 1. The number of amides is 1. The summed E-state index contributed by atoms with van der Waals surface area (Å²) in [7, 11) is 0. The molecular formula is C24H24ClFN4O2. The van der Waals surface area contributed by atoms with E-state index in [9.17, 15) is 9.59 Å². The third kappa shape index (κ3) is 3.97. The van der Waals surface area contributed by atoms with E-state index in [0.717, 1.165) is 36.9 Å². The van der Waals surface area contributed by atoms with E-state index in [1.807, 2.05) is 24.0 Å². The number of nitrogens with zero attached hydrogens (tertiary/aromatic N) is 3. The average molecular weight is 455 g/mol. The molecule has 6 nitrogen and oxygen atoms in total. The van der Waals surface area contributed by atoms with Crippen LogP contribution in [0.2, 0.25) is 5.02 Å². The van der Waals surface area contributed by atoms with Gasteiger partial charge in [0.25, 0.3) is 0 Å². The molecule has 1 aliphatic heterocycles. The van der Waals surface area contributed by atoms with Gasteiger partial charge in [-0.1, -0.05) is 23.7 Å². The van der Waals surface area contributed by atoms with Gasteiger partial charge in [-0.2, -0.15) is 5.10 Å². The largest absolute Gasteiger partial charge is 0.348 e. The van der Waals surface area contributed by atoms with Crippen LogP contribution in [0.3, 0.4) is 0 Å². The van der Waals surface area contributed by atoms with Crippen LogP contribution in [0.5, 0.6) is 0 Å². The maximum absolute atomic E-state index is 15.1. The van der Waals surface area contributed by atoms with Gasteiger partial charge in [0.1, 0.15) is 11.6 Å². The Morgan fingerprint density at radius 3 is 2.66 bits per heavy atom. The molecule has 2 heterocycles. The molecule has 1 aromatic heterocycles. The van der Waals surface area contributed by atoms with Gasteiger partial charge in [-0.25, -0.2) is 18.9 Å². The second kappa shape index (κ2) is 8.20. The predicted molar refractivity (Wildman–Crippen MR) is 120 cm³/mol. The Morgan fingerprint density at radius 2 is 1.94 bits per heavy atom. The number of hydrogen-bond acceptors (Lipinski definition) is 3. The molecule has 0 radical (unpaired) electrons. The molecule has 3 aromatic rings. The number of carbonyl (C=O) groups is 1. The molecule has 1 saturated heterocycles. The normalized spacial score (nSPS) is 18.3. The van der Waals surface area contributed by atoms with Crippen LogP contribution in [0.25, 0.3) is 16.8 Å². The van der Waals surface area contributed by atoms with Crippen molar-refractivity contribution in [3.8, 4) is 16.8 Å². The standard InChI is InChI=1S/C24H24ClFN4O2/c1-14-10-17(4-6-19(14)25)18-5-7-21(20(26)12-18)30-22(27-28-24(30)32)11-15-8-9-29(13-15)23(31)16-2-3-16/h4-7,10,12,15-16H,2-3,8-9,11,13H2,1H3,(H,28,32). The third-order valence-corrected chi connectivity index (χ3v) is 6.84. The molecular weight excluding hydrogens is 431 g/mol. The summed E-state index contributed by atoms with van der Waals surface area (Å²) in [6.07, 6.45) is 3.34. The molecule has 2 fully saturated rings. The van der Waals surface area contributed by atoms with Crippen molar-refractivity contribution < 1.29 is 9.18 Å². The Kier molecular flexibility index (Phi) is 5.37. The lowest BCUT2D eigenvalue weighted by molar-refractivity contribution is -0.131. The number of aromatic amines is 1. The fraction of sp³-hybridized carbons (Fsp3) is 0.375. The first-order chi connectivity index (χ1) is 15.4. The zero-order valence-corrected chi connectivity index (χ0v) is 18.5. The van der Waals surface area contributed by atoms with Gasteiger partial charge >= 0.3 is 5.69 Å². The van der Waals surface area contributed by atoms with Crippen LogP contribution in [-0.2, 0) is 11.2 Å². The number of H-pyrrole nitrogens is 1. The van der Waals surface area contributed by atoms with Crippen LogP contribution in [0, 0.1) is 24.6 Å². The zero-order chi connectivity index (χ0) is 22.4. The monoisotopic (exact) mass is 454 g/mol. The first kappa shape index (κ1) is 20.9. The van der Waals surface area contributed by atoms with E-state index in [2.05, 4.69) is 10.2 Å². The van der Waals surface area contributed by atoms with Gasteiger partial charge < -0.3 is 4.90 Å². The predicted octanol–water partition coefficient (Wildman–Crippen LogP) is 4.13. The molecule has 1 aliphatic carbocycles. The summed E-state index contributed by atoms with van der Waals surface area (Å²) >= 11 is 6.10. The van der Waals surface area contributed by atoms with Gasteiger partial charge in [0, 0.05) is 30.5 Å². The van der Waals surface area contributed by atoms with Crippen molar-refractivity contribution in [2.45, 2.75) is 32.6 Å². The van der Waals surface area contributed by atoms with Gasteiger partial charge in [-0.05, 0) is 73.1 Å². The lowest BCUT2D eigenvalue weighted by atomic mass is 10.0. The van der Waals surface area contributed by atoms with Crippen molar-refractivity contribution in [3.05, 3.63) is 69.1 Å². The van der Waals surface area contributed by atoms with Crippen LogP contribution >= 0.6 is 11.6 Å². The minimum atomic E-state index is -0.503. The minimum Gasteiger partial charge on any atom is -0.342 e. The molecule has 1 unspecified atom stereocenters. The minimum absolute atomic E-state index is 0.164. The van der Waals surface area contributed by atoms with Crippen molar-refractivity contribution in [1.82, 2.24) is 19.7 Å². The van der Waals surface area contributed by atoms with Crippen LogP contribution in [0.15, 0.2) is 41.2 Å². The summed E-state index contributed by atoms with van der Waals surface area (Å²) < 4.78 is 16.4. The molecule has 5 rings (SSSR count). The number of halogens is 2.